The summed E-state index contributed by atoms with van der Waals surface area (Å²) >= 11 is 0. The van der Waals surface area contributed by atoms with E-state index in [9.17, 15) is 4.79 Å². The number of rotatable bonds is 5. The third-order valence-electron chi connectivity index (χ3n) is 6.62. The second kappa shape index (κ2) is 9.18. The molecule has 7 heteroatoms. The van der Waals surface area contributed by atoms with Gasteiger partial charge in [0.05, 0.1) is 12.7 Å². The van der Waals surface area contributed by atoms with Crippen LogP contribution in [0.1, 0.15) is 44.9 Å². The predicted molar refractivity (Wildman–Crippen MR) is 106 cm³/mol. The highest BCUT2D eigenvalue weighted by Gasteiger charge is 2.39. The Morgan fingerprint density at radius 2 is 1.89 bits per heavy atom. The Morgan fingerprint density at radius 3 is 2.57 bits per heavy atom. The summed E-state index contributed by atoms with van der Waals surface area (Å²) in [6, 6.07) is 1.85. The number of carbonyl (C=O) groups is 1. The number of carbonyl (C=O) groups excluding carboxylic acids is 1. The van der Waals surface area contributed by atoms with Gasteiger partial charge in [-0.1, -0.05) is 0 Å². The van der Waals surface area contributed by atoms with E-state index in [4.69, 9.17) is 9.47 Å². The van der Waals surface area contributed by atoms with Gasteiger partial charge in [0, 0.05) is 51.7 Å². The predicted octanol–water partition coefficient (Wildman–Crippen LogP) is 2.18. The molecule has 0 saturated carbocycles. The van der Waals surface area contributed by atoms with E-state index < -0.39 is 0 Å². The second-order valence-electron chi connectivity index (χ2n) is 8.57. The number of aromatic nitrogens is 2. The quantitative estimate of drug-likeness (QED) is 0.833. The molecule has 0 radical (unpaired) electrons. The summed E-state index contributed by atoms with van der Waals surface area (Å²) in [4.78, 5) is 23.2. The fourth-order valence-corrected chi connectivity index (χ4v) is 4.62. The van der Waals surface area contributed by atoms with E-state index >= 15 is 0 Å². The van der Waals surface area contributed by atoms with E-state index in [1.807, 2.05) is 6.07 Å². The van der Waals surface area contributed by atoms with Gasteiger partial charge >= 0.3 is 0 Å². The molecule has 1 atom stereocenters. The summed E-state index contributed by atoms with van der Waals surface area (Å²) in [5.41, 5.74) is 0.286. The molecule has 0 aliphatic carbocycles. The zero-order chi connectivity index (χ0) is 19.2. The molecule has 1 spiro atoms. The molecular formula is C21H32N4O3. The van der Waals surface area contributed by atoms with Gasteiger partial charge < -0.3 is 19.7 Å². The van der Waals surface area contributed by atoms with Crippen LogP contribution in [0.2, 0.25) is 0 Å². The molecule has 1 N–H and O–H groups in total. The SMILES string of the molecule is O=C(CC1CCOCC1)NCC1CCC2(CCN(c3ncccn3)CC2)CO1. The zero-order valence-corrected chi connectivity index (χ0v) is 16.6. The van der Waals surface area contributed by atoms with Crippen molar-refractivity contribution in [1.29, 1.82) is 0 Å². The van der Waals surface area contributed by atoms with E-state index in [-0.39, 0.29) is 17.4 Å². The molecule has 4 rings (SSSR count). The van der Waals surface area contributed by atoms with Crippen LogP contribution in [-0.2, 0) is 14.3 Å². The number of nitrogens with zero attached hydrogens (tertiary/aromatic N) is 3. The average molecular weight is 389 g/mol. The van der Waals surface area contributed by atoms with Crippen molar-refractivity contribution < 1.29 is 14.3 Å². The van der Waals surface area contributed by atoms with Crippen LogP contribution in [0.4, 0.5) is 5.95 Å². The molecule has 1 aromatic heterocycles. The Kier molecular flexibility index (Phi) is 6.42. The van der Waals surface area contributed by atoms with Crippen LogP contribution in [0.25, 0.3) is 0 Å². The molecular weight excluding hydrogens is 356 g/mol. The van der Waals surface area contributed by atoms with Crippen molar-refractivity contribution in [2.24, 2.45) is 11.3 Å². The minimum Gasteiger partial charge on any atom is -0.381 e. The van der Waals surface area contributed by atoms with Gasteiger partial charge in [-0.25, -0.2) is 9.97 Å². The topological polar surface area (TPSA) is 76.6 Å². The van der Waals surface area contributed by atoms with Crippen LogP contribution in [0.15, 0.2) is 18.5 Å². The van der Waals surface area contributed by atoms with Gasteiger partial charge in [-0.05, 0) is 55.9 Å². The molecule has 3 fully saturated rings. The first-order chi connectivity index (χ1) is 13.7. The second-order valence-corrected chi connectivity index (χ2v) is 8.57. The third kappa shape index (κ3) is 5.00. The maximum absolute atomic E-state index is 12.2. The molecule has 28 heavy (non-hydrogen) atoms. The molecule has 3 aliphatic heterocycles. The number of nitrogens with one attached hydrogen (secondary N) is 1. The Balaban J connectivity index is 1.16. The Hall–Kier alpha value is -1.73. The van der Waals surface area contributed by atoms with Crippen LogP contribution in [-0.4, -0.2) is 61.4 Å². The van der Waals surface area contributed by atoms with E-state index in [0.29, 0.717) is 18.9 Å². The highest BCUT2D eigenvalue weighted by atomic mass is 16.5. The van der Waals surface area contributed by atoms with Crippen molar-refractivity contribution in [3.63, 3.8) is 0 Å². The lowest BCUT2D eigenvalue weighted by molar-refractivity contribution is -0.124. The van der Waals surface area contributed by atoms with Crippen molar-refractivity contribution >= 4 is 11.9 Å². The molecule has 0 bridgehead atoms. The summed E-state index contributed by atoms with van der Waals surface area (Å²) in [6.45, 7) is 5.00. The van der Waals surface area contributed by atoms with Crippen molar-refractivity contribution in [3.8, 4) is 0 Å². The van der Waals surface area contributed by atoms with Gasteiger partial charge in [0.15, 0.2) is 0 Å². The minimum absolute atomic E-state index is 0.153. The Morgan fingerprint density at radius 1 is 1.14 bits per heavy atom. The van der Waals surface area contributed by atoms with Crippen LogP contribution in [0, 0.1) is 11.3 Å². The number of hydrogen-bond donors (Lipinski definition) is 1. The standard InChI is InChI=1S/C21H32N4O3/c26-19(14-17-3-12-27-13-4-17)24-15-18-2-5-21(16-28-18)6-10-25(11-7-21)20-22-8-1-9-23-20/h1,8-9,17-18H,2-7,10-16H2,(H,24,26). The third-order valence-corrected chi connectivity index (χ3v) is 6.62. The van der Waals surface area contributed by atoms with Crippen LogP contribution < -0.4 is 10.2 Å². The van der Waals surface area contributed by atoms with Gasteiger partial charge in [-0.3, -0.25) is 4.79 Å². The van der Waals surface area contributed by atoms with Crippen LogP contribution >= 0.6 is 0 Å². The summed E-state index contributed by atoms with van der Waals surface area (Å²) in [5.74, 6) is 1.47. The average Bonchev–Trinajstić information content (AvgIpc) is 2.75. The van der Waals surface area contributed by atoms with Gasteiger partial charge in [-0.15, -0.1) is 0 Å². The first-order valence-electron chi connectivity index (χ1n) is 10.7. The molecule has 3 saturated heterocycles. The first-order valence-corrected chi connectivity index (χ1v) is 10.7. The fraction of sp³-hybridized carbons (Fsp3) is 0.762. The molecule has 1 unspecified atom stereocenters. The largest absolute Gasteiger partial charge is 0.381 e. The maximum Gasteiger partial charge on any atom is 0.225 e. The van der Waals surface area contributed by atoms with Crippen LogP contribution in [0.5, 0.6) is 0 Å². The van der Waals surface area contributed by atoms with Gasteiger partial charge in [-0.2, -0.15) is 0 Å². The van der Waals surface area contributed by atoms with Crippen molar-refractivity contribution in [2.75, 3.05) is 44.4 Å². The number of amides is 1. The van der Waals surface area contributed by atoms with E-state index in [2.05, 4.69) is 20.2 Å². The lowest BCUT2D eigenvalue weighted by Crippen LogP contribution is -2.48. The van der Waals surface area contributed by atoms with Crippen LogP contribution in [0.3, 0.4) is 0 Å². The normalized spacial score (nSPS) is 25.6. The Bertz CT molecular complexity index is 618. The number of hydrogen-bond acceptors (Lipinski definition) is 6. The molecule has 7 nitrogen and oxygen atoms in total. The monoisotopic (exact) mass is 388 g/mol. The Labute approximate surface area is 167 Å². The van der Waals surface area contributed by atoms with Crippen molar-refractivity contribution in [2.45, 2.75) is 51.0 Å². The summed E-state index contributed by atoms with van der Waals surface area (Å²) in [5, 5.41) is 3.09. The number of anilines is 1. The summed E-state index contributed by atoms with van der Waals surface area (Å²) < 4.78 is 11.5. The highest BCUT2D eigenvalue weighted by molar-refractivity contribution is 5.76. The maximum atomic E-state index is 12.2. The summed E-state index contributed by atoms with van der Waals surface area (Å²) in [6.07, 6.45) is 10.8. The molecule has 154 valence electrons. The van der Waals surface area contributed by atoms with Crippen molar-refractivity contribution in [3.05, 3.63) is 18.5 Å². The fourth-order valence-electron chi connectivity index (χ4n) is 4.62. The summed E-state index contributed by atoms with van der Waals surface area (Å²) in [7, 11) is 0. The highest BCUT2D eigenvalue weighted by Crippen LogP contribution is 2.40. The van der Waals surface area contributed by atoms with Gasteiger partial charge in [0.25, 0.3) is 0 Å². The molecule has 3 aliphatic rings. The lowest BCUT2D eigenvalue weighted by Gasteiger charge is -2.45. The van der Waals surface area contributed by atoms with E-state index in [1.165, 1.54) is 6.42 Å². The van der Waals surface area contributed by atoms with Gasteiger partial charge in [0.1, 0.15) is 0 Å². The van der Waals surface area contributed by atoms with E-state index in [0.717, 1.165) is 71.0 Å². The number of ether oxygens (including phenoxy) is 2. The van der Waals surface area contributed by atoms with Gasteiger partial charge in [0.2, 0.25) is 11.9 Å². The zero-order valence-electron chi connectivity index (χ0n) is 16.6. The first kappa shape index (κ1) is 19.6. The van der Waals surface area contributed by atoms with E-state index in [1.54, 1.807) is 12.4 Å². The molecule has 0 aromatic carbocycles. The molecule has 1 aromatic rings. The smallest absolute Gasteiger partial charge is 0.225 e. The molecule has 4 heterocycles. The minimum atomic E-state index is 0.153. The molecule has 1 amide bonds. The lowest BCUT2D eigenvalue weighted by atomic mass is 9.73. The number of piperidine rings is 1. The van der Waals surface area contributed by atoms with Crippen molar-refractivity contribution in [1.82, 2.24) is 15.3 Å².